The smallest absolute Gasteiger partial charge is 0.243 e. The zero-order valence-electron chi connectivity index (χ0n) is 17.0. The lowest BCUT2D eigenvalue weighted by molar-refractivity contribution is -0.116. The van der Waals surface area contributed by atoms with E-state index in [1.165, 1.54) is 16.4 Å². The number of hydrogen-bond donors (Lipinski definition) is 1. The van der Waals surface area contributed by atoms with E-state index in [4.69, 9.17) is 11.6 Å². The lowest BCUT2D eigenvalue weighted by Gasteiger charge is -2.33. The molecule has 0 atom stereocenters. The van der Waals surface area contributed by atoms with Gasteiger partial charge in [-0.1, -0.05) is 17.7 Å². The van der Waals surface area contributed by atoms with Crippen LogP contribution < -0.4 is 5.32 Å². The number of carbonyl (C=O) groups excluding carboxylic acids is 1. The first-order chi connectivity index (χ1) is 14.2. The van der Waals surface area contributed by atoms with E-state index in [-0.39, 0.29) is 23.0 Å². The maximum atomic E-state index is 13.8. The third-order valence-electron chi connectivity index (χ3n) is 5.31. The van der Waals surface area contributed by atoms with Gasteiger partial charge in [0.2, 0.25) is 15.9 Å². The molecule has 0 aromatic heterocycles. The summed E-state index contributed by atoms with van der Waals surface area (Å²) in [4.78, 5) is 14.5. The number of carbonyl (C=O) groups is 1. The van der Waals surface area contributed by atoms with Gasteiger partial charge >= 0.3 is 0 Å². The van der Waals surface area contributed by atoms with Gasteiger partial charge in [0, 0.05) is 44.2 Å². The molecule has 0 aliphatic carbocycles. The second kappa shape index (κ2) is 9.43. The highest BCUT2D eigenvalue weighted by Crippen LogP contribution is 2.21. The standard InChI is InChI=1S/C21H25ClFN3O3S/c1-15-3-5-18(13-16(15)2)30(28,29)26-11-9-25(10-12-26)8-7-21(27)24-20-6-4-17(22)14-19(20)23/h3-6,13-14H,7-12H2,1-2H3,(H,24,27). The molecule has 1 aliphatic rings. The molecule has 1 fully saturated rings. The Morgan fingerprint density at radius 3 is 2.40 bits per heavy atom. The second-order valence-corrected chi connectivity index (χ2v) is 9.79. The average Bonchev–Trinajstić information content (AvgIpc) is 2.71. The van der Waals surface area contributed by atoms with Crippen LogP contribution in [0.1, 0.15) is 17.5 Å². The van der Waals surface area contributed by atoms with Crippen LogP contribution in [0.25, 0.3) is 0 Å². The molecule has 30 heavy (non-hydrogen) atoms. The summed E-state index contributed by atoms with van der Waals surface area (Å²) in [5.74, 6) is -0.887. The van der Waals surface area contributed by atoms with Crippen LogP contribution in [0.3, 0.4) is 0 Å². The van der Waals surface area contributed by atoms with E-state index in [0.717, 1.165) is 17.2 Å². The van der Waals surface area contributed by atoms with Crippen LogP contribution in [-0.4, -0.2) is 56.3 Å². The molecule has 6 nitrogen and oxygen atoms in total. The number of halogens is 2. The largest absolute Gasteiger partial charge is 0.324 e. The Hall–Kier alpha value is -2.00. The predicted octanol–water partition coefficient (Wildman–Crippen LogP) is 3.43. The molecular formula is C21H25ClFN3O3S. The maximum Gasteiger partial charge on any atom is 0.243 e. The first kappa shape index (κ1) is 22.7. The summed E-state index contributed by atoms with van der Waals surface area (Å²) >= 11 is 5.71. The summed E-state index contributed by atoms with van der Waals surface area (Å²) in [6.07, 6.45) is 0.186. The van der Waals surface area contributed by atoms with Crippen LogP contribution in [0.15, 0.2) is 41.3 Å². The molecule has 2 aromatic carbocycles. The molecule has 1 heterocycles. The molecule has 1 N–H and O–H groups in total. The molecule has 1 amide bonds. The zero-order valence-corrected chi connectivity index (χ0v) is 18.6. The summed E-state index contributed by atoms with van der Waals surface area (Å²) in [6, 6.07) is 9.25. The molecule has 0 bridgehead atoms. The highest BCUT2D eigenvalue weighted by Gasteiger charge is 2.28. The molecule has 1 saturated heterocycles. The minimum atomic E-state index is -3.53. The summed E-state index contributed by atoms with van der Waals surface area (Å²) in [7, 11) is -3.53. The lowest BCUT2D eigenvalue weighted by Crippen LogP contribution is -2.49. The van der Waals surface area contributed by atoms with Crippen molar-refractivity contribution in [2.75, 3.05) is 38.0 Å². The summed E-state index contributed by atoms with van der Waals surface area (Å²) in [6.45, 7) is 6.11. The lowest BCUT2D eigenvalue weighted by atomic mass is 10.1. The van der Waals surface area contributed by atoms with Gasteiger partial charge < -0.3 is 10.2 Å². The summed E-state index contributed by atoms with van der Waals surface area (Å²) in [5, 5.41) is 2.80. The van der Waals surface area contributed by atoms with Crippen molar-refractivity contribution in [2.45, 2.75) is 25.2 Å². The van der Waals surface area contributed by atoms with E-state index in [2.05, 4.69) is 5.32 Å². The van der Waals surface area contributed by atoms with E-state index in [1.807, 2.05) is 24.8 Å². The molecular weight excluding hydrogens is 429 g/mol. The van der Waals surface area contributed by atoms with Gasteiger partial charge in [0.05, 0.1) is 10.6 Å². The van der Waals surface area contributed by atoms with E-state index in [1.54, 1.807) is 12.1 Å². The third-order valence-corrected chi connectivity index (χ3v) is 7.44. The Balaban J connectivity index is 1.50. The molecule has 162 valence electrons. The maximum absolute atomic E-state index is 13.8. The van der Waals surface area contributed by atoms with Crippen molar-refractivity contribution < 1.29 is 17.6 Å². The quantitative estimate of drug-likeness (QED) is 0.727. The Morgan fingerprint density at radius 1 is 1.07 bits per heavy atom. The van der Waals surface area contributed by atoms with Crippen LogP contribution in [0, 0.1) is 19.7 Å². The molecule has 3 rings (SSSR count). The predicted molar refractivity (Wildman–Crippen MR) is 116 cm³/mol. The van der Waals surface area contributed by atoms with Gasteiger partial charge in [0.15, 0.2) is 0 Å². The van der Waals surface area contributed by atoms with Crippen molar-refractivity contribution in [1.29, 1.82) is 0 Å². The number of rotatable bonds is 6. The SMILES string of the molecule is Cc1ccc(S(=O)(=O)N2CCN(CCC(=O)Nc3ccc(Cl)cc3F)CC2)cc1C. The summed E-state index contributed by atoms with van der Waals surface area (Å²) < 4.78 is 41.0. The molecule has 1 aliphatic heterocycles. The van der Waals surface area contributed by atoms with Crippen molar-refractivity contribution >= 4 is 33.2 Å². The molecule has 0 unspecified atom stereocenters. The number of hydrogen-bond acceptors (Lipinski definition) is 4. The first-order valence-electron chi connectivity index (χ1n) is 9.71. The summed E-state index contributed by atoms with van der Waals surface area (Å²) in [5.41, 5.74) is 2.09. The first-order valence-corrected chi connectivity index (χ1v) is 11.5. The van der Waals surface area contributed by atoms with E-state index >= 15 is 0 Å². The normalized spacial score (nSPS) is 15.9. The van der Waals surface area contributed by atoms with Crippen LogP contribution in [0.5, 0.6) is 0 Å². The van der Waals surface area contributed by atoms with Crippen LogP contribution in [0.2, 0.25) is 5.02 Å². The highest BCUT2D eigenvalue weighted by molar-refractivity contribution is 7.89. The molecule has 0 spiro atoms. The van der Waals surface area contributed by atoms with Crippen molar-refractivity contribution in [3.05, 3.63) is 58.4 Å². The van der Waals surface area contributed by atoms with E-state index < -0.39 is 15.8 Å². The monoisotopic (exact) mass is 453 g/mol. The minimum Gasteiger partial charge on any atom is -0.324 e. The van der Waals surface area contributed by atoms with Gasteiger partial charge in [0.25, 0.3) is 0 Å². The third kappa shape index (κ3) is 5.37. The topological polar surface area (TPSA) is 69.7 Å². The minimum absolute atomic E-state index is 0.0914. The van der Waals surface area contributed by atoms with Crippen LogP contribution in [-0.2, 0) is 14.8 Å². The van der Waals surface area contributed by atoms with Crippen molar-refractivity contribution in [2.24, 2.45) is 0 Å². The zero-order chi connectivity index (χ0) is 21.9. The Bertz CT molecular complexity index is 1040. The van der Waals surface area contributed by atoms with E-state index in [9.17, 15) is 17.6 Å². The van der Waals surface area contributed by atoms with Gasteiger partial charge in [-0.15, -0.1) is 0 Å². The number of benzene rings is 2. The Kier molecular flexibility index (Phi) is 7.13. The highest BCUT2D eigenvalue weighted by atomic mass is 35.5. The number of nitrogens with zero attached hydrogens (tertiary/aromatic N) is 2. The van der Waals surface area contributed by atoms with E-state index in [0.29, 0.717) is 37.6 Å². The fraction of sp³-hybridized carbons (Fsp3) is 0.381. The number of aryl methyl sites for hydroxylation is 2. The molecule has 0 radical (unpaired) electrons. The van der Waals surface area contributed by atoms with Gasteiger partial charge in [0.1, 0.15) is 5.82 Å². The molecule has 2 aromatic rings. The van der Waals surface area contributed by atoms with Gasteiger partial charge in [-0.2, -0.15) is 4.31 Å². The van der Waals surface area contributed by atoms with Gasteiger partial charge in [-0.3, -0.25) is 4.79 Å². The Labute approximate surface area is 181 Å². The number of amides is 1. The number of anilines is 1. The fourth-order valence-corrected chi connectivity index (χ4v) is 4.95. The number of sulfonamides is 1. The molecule has 9 heteroatoms. The van der Waals surface area contributed by atoms with Crippen molar-refractivity contribution in [1.82, 2.24) is 9.21 Å². The second-order valence-electron chi connectivity index (χ2n) is 7.41. The average molecular weight is 454 g/mol. The molecule has 0 saturated carbocycles. The fourth-order valence-electron chi connectivity index (χ4n) is 3.28. The van der Waals surface area contributed by atoms with Crippen molar-refractivity contribution in [3.8, 4) is 0 Å². The Morgan fingerprint density at radius 2 is 1.77 bits per heavy atom. The van der Waals surface area contributed by atoms with Crippen LogP contribution in [0.4, 0.5) is 10.1 Å². The van der Waals surface area contributed by atoms with Crippen LogP contribution >= 0.6 is 11.6 Å². The van der Waals surface area contributed by atoms with Crippen molar-refractivity contribution in [3.63, 3.8) is 0 Å². The number of nitrogens with one attached hydrogen (secondary N) is 1. The van der Waals surface area contributed by atoms with Gasteiger partial charge in [-0.05, 0) is 55.3 Å². The number of piperazine rings is 1. The van der Waals surface area contributed by atoms with Gasteiger partial charge in [-0.25, -0.2) is 12.8 Å².